The van der Waals surface area contributed by atoms with Gasteiger partial charge in [-0.25, -0.2) is 0 Å². The van der Waals surface area contributed by atoms with Crippen LogP contribution in [0.3, 0.4) is 0 Å². The van der Waals surface area contributed by atoms with Crippen LogP contribution in [0, 0.1) is 11.8 Å². The molecule has 2 fully saturated rings. The van der Waals surface area contributed by atoms with Crippen LogP contribution in [0.4, 0.5) is 0 Å². The Morgan fingerprint density at radius 1 is 1.15 bits per heavy atom. The third-order valence-corrected chi connectivity index (χ3v) is 4.89. The summed E-state index contributed by atoms with van der Waals surface area (Å²) in [7, 11) is 1.98. The van der Waals surface area contributed by atoms with Crippen molar-refractivity contribution in [2.45, 2.75) is 57.5 Å². The Balaban J connectivity index is 1.60. The minimum atomic E-state index is -0.164. The van der Waals surface area contributed by atoms with Gasteiger partial charge >= 0.3 is 0 Å². The minimum Gasteiger partial charge on any atom is -0.393 e. The predicted molar refractivity (Wildman–Crippen MR) is 80.4 cm³/mol. The van der Waals surface area contributed by atoms with Gasteiger partial charge in [0, 0.05) is 13.1 Å². The van der Waals surface area contributed by atoms with Crippen molar-refractivity contribution in [2.24, 2.45) is 11.8 Å². The van der Waals surface area contributed by atoms with Crippen molar-refractivity contribution in [3.05, 3.63) is 0 Å². The number of amides is 1. The standard InChI is InChI=1S/C16H30N2O2/c1-18(11-14-8-5-9-15(14)19)12-16(20)17-10-13-6-3-2-4-7-13/h13-15,19H,2-12H2,1H3,(H,17,20). The van der Waals surface area contributed by atoms with Crippen LogP contribution in [-0.4, -0.2) is 48.7 Å². The molecule has 0 aromatic carbocycles. The maximum Gasteiger partial charge on any atom is 0.234 e. The molecule has 116 valence electrons. The van der Waals surface area contributed by atoms with Crippen LogP contribution in [-0.2, 0) is 4.79 Å². The maximum atomic E-state index is 11.9. The van der Waals surface area contributed by atoms with Gasteiger partial charge in [-0.05, 0) is 44.6 Å². The normalized spacial score (nSPS) is 27.9. The van der Waals surface area contributed by atoms with E-state index < -0.39 is 0 Å². The molecule has 2 unspecified atom stereocenters. The summed E-state index contributed by atoms with van der Waals surface area (Å²) < 4.78 is 0. The Hall–Kier alpha value is -0.610. The molecule has 0 spiro atoms. The molecule has 2 N–H and O–H groups in total. The van der Waals surface area contributed by atoms with E-state index >= 15 is 0 Å². The quantitative estimate of drug-likeness (QED) is 0.781. The highest BCUT2D eigenvalue weighted by Gasteiger charge is 2.26. The Labute approximate surface area is 122 Å². The van der Waals surface area contributed by atoms with Gasteiger partial charge in [0.05, 0.1) is 12.6 Å². The number of hydrogen-bond acceptors (Lipinski definition) is 3. The van der Waals surface area contributed by atoms with E-state index in [2.05, 4.69) is 10.2 Å². The number of carbonyl (C=O) groups excluding carboxylic acids is 1. The van der Waals surface area contributed by atoms with Crippen LogP contribution >= 0.6 is 0 Å². The summed E-state index contributed by atoms with van der Waals surface area (Å²) in [4.78, 5) is 14.0. The molecule has 0 aliphatic heterocycles. The second-order valence-corrected chi connectivity index (χ2v) is 6.76. The second-order valence-electron chi connectivity index (χ2n) is 6.76. The molecule has 0 aromatic rings. The fourth-order valence-corrected chi connectivity index (χ4v) is 3.65. The molecular weight excluding hydrogens is 252 g/mol. The first kappa shape index (κ1) is 15.8. The van der Waals surface area contributed by atoms with Crippen molar-refractivity contribution < 1.29 is 9.90 Å². The van der Waals surface area contributed by atoms with Crippen LogP contribution in [0.15, 0.2) is 0 Å². The van der Waals surface area contributed by atoms with Gasteiger partial charge in [-0.3, -0.25) is 9.69 Å². The lowest BCUT2D eigenvalue weighted by atomic mass is 9.89. The number of hydrogen-bond donors (Lipinski definition) is 2. The van der Waals surface area contributed by atoms with Crippen molar-refractivity contribution in [1.82, 2.24) is 10.2 Å². The van der Waals surface area contributed by atoms with Crippen molar-refractivity contribution >= 4 is 5.91 Å². The van der Waals surface area contributed by atoms with E-state index in [4.69, 9.17) is 0 Å². The molecule has 0 saturated heterocycles. The lowest BCUT2D eigenvalue weighted by Crippen LogP contribution is -2.40. The summed E-state index contributed by atoms with van der Waals surface area (Å²) in [5.74, 6) is 1.17. The van der Waals surface area contributed by atoms with Crippen LogP contribution in [0.2, 0.25) is 0 Å². The first-order valence-electron chi connectivity index (χ1n) is 8.28. The fraction of sp³-hybridized carbons (Fsp3) is 0.938. The summed E-state index contributed by atoms with van der Waals surface area (Å²) in [5, 5.41) is 12.9. The second kappa shape index (κ2) is 7.99. The number of nitrogens with one attached hydrogen (secondary N) is 1. The Bertz CT molecular complexity index is 303. The van der Waals surface area contributed by atoms with Crippen LogP contribution in [0.1, 0.15) is 51.4 Å². The molecular formula is C16H30N2O2. The van der Waals surface area contributed by atoms with Crippen molar-refractivity contribution in [1.29, 1.82) is 0 Å². The van der Waals surface area contributed by atoms with Gasteiger partial charge in [-0.15, -0.1) is 0 Å². The van der Waals surface area contributed by atoms with Gasteiger partial charge in [-0.1, -0.05) is 25.7 Å². The molecule has 2 atom stereocenters. The van der Waals surface area contributed by atoms with E-state index in [1.165, 1.54) is 32.1 Å². The molecule has 4 nitrogen and oxygen atoms in total. The SMILES string of the molecule is CN(CC(=O)NCC1CCCCC1)CC1CCCC1O. The molecule has 2 rings (SSSR count). The van der Waals surface area contributed by atoms with E-state index in [0.717, 1.165) is 32.4 Å². The average Bonchev–Trinajstić information content (AvgIpc) is 2.83. The topological polar surface area (TPSA) is 52.6 Å². The molecule has 1 amide bonds. The molecule has 4 heteroatoms. The molecule has 0 aromatic heterocycles. The Morgan fingerprint density at radius 3 is 2.55 bits per heavy atom. The van der Waals surface area contributed by atoms with Gasteiger partial charge in [0.25, 0.3) is 0 Å². The number of likely N-dealkylation sites (N-methyl/N-ethyl adjacent to an activating group) is 1. The first-order chi connectivity index (χ1) is 9.65. The van der Waals surface area contributed by atoms with Crippen molar-refractivity contribution in [3.63, 3.8) is 0 Å². The molecule has 0 bridgehead atoms. The van der Waals surface area contributed by atoms with E-state index in [1.807, 2.05) is 7.05 Å². The monoisotopic (exact) mass is 282 g/mol. The molecule has 2 aliphatic rings. The summed E-state index contributed by atoms with van der Waals surface area (Å²) in [6, 6.07) is 0. The lowest BCUT2D eigenvalue weighted by molar-refractivity contribution is -0.122. The number of nitrogens with zero attached hydrogens (tertiary/aromatic N) is 1. The molecule has 2 saturated carbocycles. The summed E-state index contributed by atoms with van der Waals surface area (Å²) in [6.45, 7) is 2.13. The highest BCUT2D eigenvalue weighted by atomic mass is 16.3. The Morgan fingerprint density at radius 2 is 1.90 bits per heavy atom. The number of carbonyl (C=O) groups is 1. The summed E-state index contributed by atoms with van der Waals surface area (Å²) in [5.41, 5.74) is 0. The maximum absolute atomic E-state index is 11.9. The molecule has 2 aliphatic carbocycles. The minimum absolute atomic E-state index is 0.130. The van der Waals surface area contributed by atoms with Crippen LogP contribution in [0.5, 0.6) is 0 Å². The zero-order valence-electron chi connectivity index (χ0n) is 12.8. The van der Waals surface area contributed by atoms with Crippen molar-refractivity contribution in [3.8, 4) is 0 Å². The highest BCUT2D eigenvalue weighted by Crippen LogP contribution is 2.26. The smallest absolute Gasteiger partial charge is 0.234 e. The zero-order valence-corrected chi connectivity index (χ0v) is 12.8. The largest absolute Gasteiger partial charge is 0.393 e. The van der Waals surface area contributed by atoms with E-state index in [-0.39, 0.29) is 12.0 Å². The predicted octanol–water partition coefficient (Wildman–Crippen LogP) is 1.78. The van der Waals surface area contributed by atoms with E-state index in [9.17, 15) is 9.90 Å². The Kier molecular flexibility index (Phi) is 6.30. The van der Waals surface area contributed by atoms with Crippen molar-refractivity contribution in [2.75, 3.05) is 26.7 Å². The lowest BCUT2D eigenvalue weighted by Gasteiger charge is -2.24. The first-order valence-corrected chi connectivity index (χ1v) is 8.28. The number of aliphatic hydroxyl groups excluding tert-OH is 1. The molecule has 0 radical (unpaired) electrons. The van der Waals surface area contributed by atoms with Gasteiger partial charge in [0.15, 0.2) is 0 Å². The third-order valence-electron chi connectivity index (χ3n) is 4.89. The van der Waals surface area contributed by atoms with E-state index in [1.54, 1.807) is 0 Å². The number of rotatable bonds is 6. The zero-order chi connectivity index (χ0) is 14.4. The van der Waals surface area contributed by atoms with Crippen LogP contribution in [0.25, 0.3) is 0 Å². The fourth-order valence-electron chi connectivity index (χ4n) is 3.65. The van der Waals surface area contributed by atoms with E-state index in [0.29, 0.717) is 18.4 Å². The van der Waals surface area contributed by atoms with Crippen LogP contribution < -0.4 is 5.32 Å². The summed E-state index contributed by atoms with van der Waals surface area (Å²) in [6.07, 6.45) is 9.50. The van der Waals surface area contributed by atoms with Gasteiger partial charge < -0.3 is 10.4 Å². The average molecular weight is 282 g/mol. The summed E-state index contributed by atoms with van der Waals surface area (Å²) >= 11 is 0. The highest BCUT2D eigenvalue weighted by molar-refractivity contribution is 5.77. The van der Waals surface area contributed by atoms with Gasteiger partial charge in [0.2, 0.25) is 5.91 Å². The van der Waals surface area contributed by atoms with Gasteiger partial charge in [0.1, 0.15) is 0 Å². The third kappa shape index (κ3) is 5.06. The number of aliphatic hydroxyl groups is 1. The molecule has 0 heterocycles. The molecule has 20 heavy (non-hydrogen) atoms. The van der Waals surface area contributed by atoms with Gasteiger partial charge in [-0.2, -0.15) is 0 Å².